The number of aryl methyl sites for hydroxylation is 1. The van der Waals surface area contributed by atoms with E-state index >= 15 is 0 Å². The van der Waals surface area contributed by atoms with Crippen molar-refractivity contribution in [2.24, 2.45) is 0 Å². The van der Waals surface area contributed by atoms with Gasteiger partial charge in [-0.3, -0.25) is 10.1 Å². The van der Waals surface area contributed by atoms with Crippen molar-refractivity contribution in [1.29, 1.82) is 0 Å². The van der Waals surface area contributed by atoms with Crippen molar-refractivity contribution in [1.82, 2.24) is 9.97 Å². The summed E-state index contributed by atoms with van der Waals surface area (Å²) in [6.07, 6.45) is 0. The molecule has 5 rings (SSSR count). The van der Waals surface area contributed by atoms with Crippen molar-refractivity contribution in [3.8, 4) is 22.5 Å². The first kappa shape index (κ1) is 20.3. The van der Waals surface area contributed by atoms with Crippen LogP contribution in [0.15, 0.2) is 66.0 Å². The zero-order chi connectivity index (χ0) is 22.2. The maximum atomic E-state index is 13.1. The Bertz CT molecular complexity index is 1440. The Balaban J connectivity index is 1.40. The maximum Gasteiger partial charge on any atom is 0.269 e. The predicted molar refractivity (Wildman–Crippen MR) is 130 cm³/mol. The van der Waals surface area contributed by atoms with Gasteiger partial charge in [-0.05, 0) is 43.3 Å². The zero-order valence-corrected chi connectivity index (χ0v) is 18.6. The summed E-state index contributed by atoms with van der Waals surface area (Å²) in [4.78, 5) is 23.1. The third-order valence-corrected chi connectivity index (χ3v) is 6.88. The standard InChI is InChI=1S/C24H17FN4OS2/c1-13-2-4-14(5-3-13)18-11-10-17-20(26)21(32-23(17)27-18)22(30)29-24-28-19(12-31-24)15-6-8-16(25)9-7-15/h2-12H,26H2,1H3,(H,28,29,30). The number of nitrogen functional groups attached to an aromatic ring is 1. The number of halogens is 1. The van der Waals surface area contributed by atoms with Crippen LogP contribution in [-0.2, 0) is 0 Å². The molecule has 0 aliphatic rings. The van der Waals surface area contributed by atoms with Crippen LogP contribution in [0.4, 0.5) is 15.2 Å². The van der Waals surface area contributed by atoms with Crippen molar-refractivity contribution in [3.63, 3.8) is 0 Å². The fraction of sp³-hybridized carbons (Fsp3) is 0.0417. The van der Waals surface area contributed by atoms with Crippen molar-refractivity contribution in [2.75, 3.05) is 11.1 Å². The molecule has 2 aromatic carbocycles. The van der Waals surface area contributed by atoms with Gasteiger partial charge < -0.3 is 5.73 Å². The Kier molecular flexibility index (Phi) is 5.16. The normalized spacial score (nSPS) is 11.1. The summed E-state index contributed by atoms with van der Waals surface area (Å²) in [7, 11) is 0. The highest BCUT2D eigenvalue weighted by Crippen LogP contribution is 2.35. The fourth-order valence-corrected chi connectivity index (χ4v) is 4.99. The van der Waals surface area contributed by atoms with E-state index in [0.29, 0.717) is 26.2 Å². The van der Waals surface area contributed by atoms with E-state index in [4.69, 9.17) is 10.7 Å². The number of nitrogens with one attached hydrogen (secondary N) is 1. The highest BCUT2D eigenvalue weighted by molar-refractivity contribution is 7.21. The molecule has 3 aromatic heterocycles. The maximum absolute atomic E-state index is 13.1. The lowest BCUT2D eigenvalue weighted by Gasteiger charge is -2.02. The first-order valence-corrected chi connectivity index (χ1v) is 11.5. The van der Waals surface area contributed by atoms with Crippen molar-refractivity contribution in [3.05, 3.63) is 82.3 Å². The third-order valence-electron chi connectivity index (χ3n) is 5.01. The number of thiophene rings is 1. The van der Waals surface area contributed by atoms with Crippen LogP contribution in [-0.4, -0.2) is 15.9 Å². The number of hydrogen-bond acceptors (Lipinski definition) is 6. The van der Waals surface area contributed by atoms with E-state index in [0.717, 1.165) is 22.2 Å². The van der Waals surface area contributed by atoms with Gasteiger partial charge in [-0.2, -0.15) is 0 Å². The molecule has 0 atom stereocenters. The van der Waals surface area contributed by atoms with Gasteiger partial charge in [-0.25, -0.2) is 14.4 Å². The Labute approximate surface area is 191 Å². The fourth-order valence-electron chi connectivity index (χ4n) is 3.29. The second-order valence-corrected chi connectivity index (χ2v) is 9.12. The summed E-state index contributed by atoms with van der Waals surface area (Å²) in [5, 5.41) is 5.82. The largest absolute Gasteiger partial charge is 0.397 e. The van der Waals surface area contributed by atoms with Gasteiger partial charge in [0.15, 0.2) is 5.13 Å². The minimum Gasteiger partial charge on any atom is -0.397 e. The number of aromatic nitrogens is 2. The van der Waals surface area contributed by atoms with Crippen molar-refractivity contribution in [2.45, 2.75) is 6.92 Å². The highest BCUT2D eigenvalue weighted by atomic mass is 32.1. The number of carbonyl (C=O) groups is 1. The van der Waals surface area contributed by atoms with Gasteiger partial charge in [0.1, 0.15) is 15.5 Å². The molecule has 8 heteroatoms. The summed E-state index contributed by atoms with van der Waals surface area (Å²) < 4.78 is 13.1. The summed E-state index contributed by atoms with van der Waals surface area (Å²) in [6.45, 7) is 2.04. The summed E-state index contributed by atoms with van der Waals surface area (Å²) in [5.74, 6) is -0.640. The van der Waals surface area contributed by atoms with E-state index in [1.165, 1.54) is 40.4 Å². The van der Waals surface area contributed by atoms with E-state index in [1.807, 2.05) is 48.7 Å². The zero-order valence-electron chi connectivity index (χ0n) is 16.9. The molecule has 3 heterocycles. The first-order chi connectivity index (χ1) is 15.5. The molecule has 5 aromatic rings. The number of amides is 1. The van der Waals surface area contributed by atoms with Gasteiger partial charge in [-0.1, -0.05) is 29.8 Å². The Morgan fingerprint density at radius 3 is 2.38 bits per heavy atom. The summed E-state index contributed by atoms with van der Waals surface area (Å²) >= 11 is 2.55. The molecular formula is C24H17FN4OS2. The van der Waals surface area contributed by atoms with Gasteiger partial charge >= 0.3 is 0 Å². The smallest absolute Gasteiger partial charge is 0.269 e. The van der Waals surface area contributed by atoms with Gasteiger partial charge in [-0.15, -0.1) is 22.7 Å². The molecule has 1 amide bonds. The number of rotatable bonds is 4. The van der Waals surface area contributed by atoms with Crippen LogP contribution < -0.4 is 11.1 Å². The Hall–Kier alpha value is -3.62. The number of nitrogens with two attached hydrogens (primary N) is 1. The number of fused-ring (bicyclic) bond motifs is 1. The number of pyridine rings is 1. The molecule has 158 valence electrons. The third kappa shape index (κ3) is 3.86. The van der Waals surface area contributed by atoms with Crippen LogP contribution in [0.2, 0.25) is 0 Å². The van der Waals surface area contributed by atoms with Crippen LogP contribution in [0.25, 0.3) is 32.7 Å². The van der Waals surface area contributed by atoms with Crippen LogP contribution in [0.1, 0.15) is 15.2 Å². The average molecular weight is 461 g/mol. The van der Waals surface area contributed by atoms with Crippen LogP contribution in [0.3, 0.4) is 0 Å². The Morgan fingerprint density at radius 2 is 1.62 bits per heavy atom. The number of benzene rings is 2. The molecule has 0 unspecified atom stereocenters. The topological polar surface area (TPSA) is 80.9 Å². The first-order valence-electron chi connectivity index (χ1n) is 9.77. The molecule has 0 saturated heterocycles. The van der Waals surface area contributed by atoms with Gasteiger partial charge in [0.05, 0.1) is 17.1 Å². The minimum absolute atomic E-state index is 0.308. The second kappa shape index (κ2) is 8.14. The number of nitrogens with zero attached hydrogens (tertiary/aromatic N) is 2. The number of thiazole rings is 1. The monoisotopic (exact) mass is 460 g/mol. The number of hydrogen-bond donors (Lipinski definition) is 2. The molecule has 0 spiro atoms. The van der Waals surface area contributed by atoms with Gasteiger partial charge in [0.25, 0.3) is 5.91 Å². The SMILES string of the molecule is Cc1ccc(-c2ccc3c(N)c(C(=O)Nc4nc(-c5ccc(F)cc5)cs4)sc3n2)cc1. The van der Waals surface area contributed by atoms with Crippen LogP contribution in [0.5, 0.6) is 0 Å². The van der Waals surface area contributed by atoms with Crippen LogP contribution >= 0.6 is 22.7 Å². The molecule has 0 aliphatic carbocycles. The molecule has 32 heavy (non-hydrogen) atoms. The average Bonchev–Trinajstić information content (AvgIpc) is 3.39. The molecule has 5 nitrogen and oxygen atoms in total. The quantitative estimate of drug-likeness (QED) is 0.327. The summed E-state index contributed by atoms with van der Waals surface area (Å²) in [6, 6.07) is 18.0. The number of carbonyl (C=O) groups excluding carboxylic acids is 1. The van der Waals surface area contributed by atoms with E-state index in [2.05, 4.69) is 10.3 Å². The summed E-state index contributed by atoms with van der Waals surface area (Å²) in [5.41, 5.74) is 11.1. The molecule has 0 saturated carbocycles. The van der Waals surface area contributed by atoms with E-state index in [-0.39, 0.29) is 11.7 Å². The van der Waals surface area contributed by atoms with Crippen LogP contribution in [0, 0.1) is 12.7 Å². The highest BCUT2D eigenvalue weighted by Gasteiger charge is 2.19. The predicted octanol–water partition coefficient (Wildman–Crippen LogP) is 6.37. The lowest BCUT2D eigenvalue weighted by Crippen LogP contribution is -2.11. The molecular weight excluding hydrogens is 443 g/mol. The van der Waals surface area contributed by atoms with Gasteiger partial charge in [0, 0.05) is 21.9 Å². The number of anilines is 2. The minimum atomic E-state index is -0.331. The Morgan fingerprint density at radius 1 is 0.938 bits per heavy atom. The van der Waals surface area contributed by atoms with E-state index < -0.39 is 0 Å². The molecule has 0 bridgehead atoms. The molecule has 0 radical (unpaired) electrons. The molecule has 0 fully saturated rings. The molecule has 3 N–H and O–H groups in total. The van der Waals surface area contributed by atoms with Crippen molar-refractivity contribution < 1.29 is 9.18 Å². The van der Waals surface area contributed by atoms with E-state index in [9.17, 15) is 9.18 Å². The van der Waals surface area contributed by atoms with Crippen molar-refractivity contribution >= 4 is 49.6 Å². The lowest BCUT2D eigenvalue weighted by atomic mass is 10.1. The van der Waals surface area contributed by atoms with Gasteiger partial charge in [0.2, 0.25) is 0 Å². The molecule has 0 aliphatic heterocycles. The second-order valence-electron chi connectivity index (χ2n) is 7.26. The lowest BCUT2D eigenvalue weighted by molar-refractivity contribution is 0.103. The van der Waals surface area contributed by atoms with E-state index in [1.54, 1.807) is 12.1 Å².